The Morgan fingerprint density at radius 3 is 2.45 bits per heavy atom. The molecule has 0 aliphatic heterocycles. The SMILES string of the molecule is Cc1ccccc1C(C(=O)NCc1ccccc1)N(Cc1ccco1)C(=O)Cc1cccs1. The highest BCUT2D eigenvalue weighted by Crippen LogP contribution is 2.28. The van der Waals surface area contributed by atoms with Crippen LogP contribution in [-0.2, 0) is 29.1 Å². The number of aryl methyl sites for hydroxylation is 1. The third-order valence-electron chi connectivity index (χ3n) is 5.48. The van der Waals surface area contributed by atoms with Crippen molar-refractivity contribution in [2.24, 2.45) is 0 Å². The third kappa shape index (κ3) is 5.79. The van der Waals surface area contributed by atoms with Crippen molar-refractivity contribution in [1.29, 1.82) is 0 Å². The predicted octanol–water partition coefficient (Wildman–Crippen LogP) is 5.28. The van der Waals surface area contributed by atoms with Crippen LogP contribution in [0.15, 0.2) is 94.9 Å². The van der Waals surface area contributed by atoms with Crippen LogP contribution in [0.4, 0.5) is 0 Å². The molecule has 5 nitrogen and oxygen atoms in total. The van der Waals surface area contributed by atoms with Crippen LogP contribution in [0.3, 0.4) is 0 Å². The first-order valence-electron chi connectivity index (χ1n) is 10.8. The Hall–Kier alpha value is -3.64. The number of nitrogens with zero attached hydrogens (tertiary/aromatic N) is 1. The van der Waals surface area contributed by atoms with Crippen LogP contribution in [0.2, 0.25) is 0 Å². The number of thiophene rings is 1. The van der Waals surface area contributed by atoms with E-state index < -0.39 is 6.04 Å². The Morgan fingerprint density at radius 1 is 0.970 bits per heavy atom. The fourth-order valence-electron chi connectivity index (χ4n) is 3.78. The monoisotopic (exact) mass is 458 g/mol. The molecule has 33 heavy (non-hydrogen) atoms. The van der Waals surface area contributed by atoms with E-state index in [1.807, 2.05) is 85.1 Å². The minimum absolute atomic E-state index is 0.128. The maximum Gasteiger partial charge on any atom is 0.247 e. The van der Waals surface area contributed by atoms with E-state index in [1.165, 1.54) is 11.3 Å². The highest BCUT2D eigenvalue weighted by atomic mass is 32.1. The fraction of sp³-hybridized carbons (Fsp3) is 0.185. The second-order valence-electron chi connectivity index (χ2n) is 7.82. The zero-order chi connectivity index (χ0) is 23.0. The maximum absolute atomic E-state index is 13.6. The minimum atomic E-state index is -0.785. The average Bonchev–Trinajstić information content (AvgIpc) is 3.53. The Morgan fingerprint density at radius 2 is 1.76 bits per heavy atom. The summed E-state index contributed by atoms with van der Waals surface area (Å²) in [5.74, 6) is 0.278. The summed E-state index contributed by atoms with van der Waals surface area (Å²) in [7, 11) is 0. The van der Waals surface area contributed by atoms with E-state index in [0.717, 1.165) is 21.6 Å². The van der Waals surface area contributed by atoms with Crippen molar-refractivity contribution in [1.82, 2.24) is 10.2 Å². The first kappa shape index (κ1) is 22.6. The maximum atomic E-state index is 13.6. The van der Waals surface area contributed by atoms with Crippen LogP contribution in [0.25, 0.3) is 0 Å². The number of hydrogen-bond donors (Lipinski definition) is 1. The normalized spacial score (nSPS) is 11.7. The molecule has 4 rings (SSSR count). The predicted molar refractivity (Wildman–Crippen MR) is 129 cm³/mol. The van der Waals surface area contributed by atoms with Gasteiger partial charge >= 0.3 is 0 Å². The molecule has 2 aromatic heterocycles. The Bertz CT molecular complexity index is 1170. The molecular weight excluding hydrogens is 432 g/mol. The molecule has 2 amide bonds. The third-order valence-corrected chi connectivity index (χ3v) is 6.36. The second kappa shape index (κ2) is 10.8. The number of benzene rings is 2. The van der Waals surface area contributed by atoms with Gasteiger partial charge in [-0.15, -0.1) is 11.3 Å². The van der Waals surface area contributed by atoms with Gasteiger partial charge in [0.25, 0.3) is 0 Å². The molecule has 0 bridgehead atoms. The van der Waals surface area contributed by atoms with Gasteiger partial charge in [-0.25, -0.2) is 0 Å². The second-order valence-corrected chi connectivity index (χ2v) is 8.85. The first-order chi connectivity index (χ1) is 16.1. The van der Waals surface area contributed by atoms with Gasteiger partial charge in [0.05, 0.1) is 19.2 Å². The molecule has 0 fully saturated rings. The van der Waals surface area contributed by atoms with Crippen molar-refractivity contribution in [2.75, 3.05) is 0 Å². The summed E-state index contributed by atoms with van der Waals surface area (Å²) in [4.78, 5) is 29.7. The highest BCUT2D eigenvalue weighted by molar-refractivity contribution is 7.10. The molecule has 2 aromatic carbocycles. The van der Waals surface area contributed by atoms with E-state index in [2.05, 4.69) is 5.32 Å². The van der Waals surface area contributed by atoms with E-state index in [9.17, 15) is 9.59 Å². The standard InChI is InChI=1S/C27H26N2O3S/c1-20-9-5-6-14-24(20)26(27(31)28-18-21-10-3-2-4-11-21)29(19-22-12-7-15-32-22)25(30)17-23-13-8-16-33-23/h2-16,26H,17-19H2,1H3,(H,28,31). The van der Waals surface area contributed by atoms with Gasteiger partial charge < -0.3 is 14.6 Å². The van der Waals surface area contributed by atoms with Crippen LogP contribution in [0, 0.1) is 6.92 Å². The molecule has 0 saturated heterocycles. The number of carbonyl (C=O) groups excluding carboxylic acids is 2. The number of amides is 2. The molecule has 1 atom stereocenters. The van der Waals surface area contributed by atoms with E-state index in [-0.39, 0.29) is 24.8 Å². The lowest BCUT2D eigenvalue weighted by Crippen LogP contribution is -2.44. The Kier molecular flexibility index (Phi) is 7.37. The minimum Gasteiger partial charge on any atom is -0.467 e. The van der Waals surface area contributed by atoms with Crippen molar-refractivity contribution < 1.29 is 14.0 Å². The molecule has 1 unspecified atom stereocenters. The summed E-state index contributed by atoms with van der Waals surface area (Å²) < 4.78 is 5.55. The van der Waals surface area contributed by atoms with Crippen LogP contribution in [0.5, 0.6) is 0 Å². The molecule has 0 aliphatic carbocycles. The summed E-state index contributed by atoms with van der Waals surface area (Å²) >= 11 is 1.53. The van der Waals surface area contributed by atoms with Gasteiger partial charge in [0, 0.05) is 11.4 Å². The molecule has 0 aliphatic rings. The highest BCUT2D eigenvalue weighted by Gasteiger charge is 2.33. The van der Waals surface area contributed by atoms with Gasteiger partial charge in [-0.05, 0) is 47.2 Å². The number of hydrogen-bond acceptors (Lipinski definition) is 4. The number of furan rings is 1. The molecule has 0 radical (unpaired) electrons. The summed E-state index contributed by atoms with van der Waals surface area (Å²) in [5.41, 5.74) is 2.75. The van der Waals surface area contributed by atoms with E-state index in [0.29, 0.717) is 12.3 Å². The lowest BCUT2D eigenvalue weighted by Gasteiger charge is -2.31. The lowest BCUT2D eigenvalue weighted by molar-refractivity contribution is -0.141. The van der Waals surface area contributed by atoms with Crippen LogP contribution in [-0.4, -0.2) is 16.7 Å². The smallest absolute Gasteiger partial charge is 0.247 e. The van der Waals surface area contributed by atoms with Crippen molar-refractivity contribution in [3.05, 3.63) is 118 Å². The average molecular weight is 459 g/mol. The van der Waals surface area contributed by atoms with Crippen molar-refractivity contribution in [3.8, 4) is 0 Å². The van der Waals surface area contributed by atoms with Gasteiger partial charge in [0.2, 0.25) is 11.8 Å². The lowest BCUT2D eigenvalue weighted by atomic mass is 9.98. The summed E-state index contributed by atoms with van der Waals surface area (Å²) in [5, 5.41) is 4.99. The number of nitrogens with one attached hydrogen (secondary N) is 1. The zero-order valence-corrected chi connectivity index (χ0v) is 19.3. The van der Waals surface area contributed by atoms with Gasteiger partial charge in [0.1, 0.15) is 11.8 Å². The van der Waals surface area contributed by atoms with Crippen molar-refractivity contribution in [2.45, 2.75) is 32.5 Å². The van der Waals surface area contributed by atoms with Gasteiger partial charge in [-0.3, -0.25) is 9.59 Å². The Balaban J connectivity index is 1.67. The van der Waals surface area contributed by atoms with E-state index in [4.69, 9.17) is 4.42 Å². The summed E-state index contributed by atoms with van der Waals surface area (Å²) in [6.45, 7) is 2.55. The van der Waals surface area contributed by atoms with Crippen LogP contribution >= 0.6 is 11.3 Å². The largest absolute Gasteiger partial charge is 0.467 e. The number of carbonyl (C=O) groups is 2. The zero-order valence-electron chi connectivity index (χ0n) is 18.4. The van der Waals surface area contributed by atoms with Gasteiger partial charge in [0.15, 0.2) is 0 Å². The molecule has 168 valence electrons. The topological polar surface area (TPSA) is 62.6 Å². The quantitative estimate of drug-likeness (QED) is 0.371. The summed E-state index contributed by atoms with van der Waals surface area (Å²) in [6.07, 6.45) is 1.81. The van der Waals surface area contributed by atoms with E-state index in [1.54, 1.807) is 17.2 Å². The molecular formula is C27H26N2O3S. The molecule has 1 N–H and O–H groups in total. The number of rotatable bonds is 9. The van der Waals surface area contributed by atoms with Gasteiger partial charge in [-0.1, -0.05) is 60.7 Å². The summed E-state index contributed by atoms with van der Waals surface area (Å²) in [6, 6.07) is 24.1. The van der Waals surface area contributed by atoms with Crippen LogP contribution in [0.1, 0.15) is 33.4 Å². The molecule has 4 aromatic rings. The van der Waals surface area contributed by atoms with Crippen molar-refractivity contribution in [3.63, 3.8) is 0 Å². The van der Waals surface area contributed by atoms with Crippen molar-refractivity contribution >= 4 is 23.2 Å². The van der Waals surface area contributed by atoms with Crippen LogP contribution < -0.4 is 5.32 Å². The van der Waals surface area contributed by atoms with E-state index >= 15 is 0 Å². The molecule has 0 spiro atoms. The fourth-order valence-corrected chi connectivity index (χ4v) is 4.48. The molecule has 0 saturated carbocycles. The van der Waals surface area contributed by atoms with Gasteiger partial charge in [-0.2, -0.15) is 0 Å². The molecule has 2 heterocycles. The Labute approximate surface area is 197 Å². The molecule has 6 heteroatoms. The first-order valence-corrected chi connectivity index (χ1v) is 11.7.